The van der Waals surface area contributed by atoms with Crippen LogP contribution in [0, 0.1) is 0 Å². The molecule has 2 nitrogen and oxygen atoms in total. The Hall–Kier alpha value is -6.38. The summed E-state index contributed by atoms with van der Waals surface area (Å²) in [6, 6.07) is 51.9. The topological polar surface area (TPSA) is 8.17 Å². The van der Waals surface area contributed by atoms with Gasteiger partial charge in [0.05, 0.1) is 16.7 Å². The summed E-state index contributed by atoms with van der Waals surface area (Å²) in [7, 11) is 0. The molecule has 2 heteroatoms. The fourth-order valence-corrected chi connectivity index (χ4v) is 12.9. The lowest BCUT2D eigenvalue weighted by Gasteiger charge is -2.36. The Labute approximate surface area is 365 Å². The van der Waals surface area contributed by atoms with Crippen LogP contribution >= 0.6 is 0 Å². The van der Waals surface area contributed by atoms with Crippen molar-refractivity contribution in [1.29, 1.82) is 0 Å². The van der Waals surface area contributed by atoms with Crippen LogP contribution < -0.4 is 4.90 Å². The van der Waals surface area contributed by atoms with Crippen molar-refractivity contribution in [3.05, 3.63) is 196 Å². The van der Waals surface area contributed by atoms with Crippen LogP contribution in [0.1, 0.15) is 113 Å². The Bertz CT molecular complexity index is 3410. The van der Waals surface area contributed by atoms with Gasteiger partial charge < -0.3 is 9.47 Å². The van der Waals surface area contributed by atoms with Gasteiger partial charge in [-0.3, -0.25) is 0 Å². The van der Waals surface area contributed by atoms with Gasteiger partial charge in [-0.2, -0.15) is 0 Å². The predicted octanol–water partition coefficient (Wildman–Crippen LogP) is 15.9. The Balaban J connectivity index is 1.00. The highest BCUT2D eigenvalue weighted by Crippen LogP contribution is 2.57. The Kier molecular flexibility index (Phi) is 6.88. The average Bonchev–Trinajstić information content (AvgIpc) is 3.89. The lowest BCUT2D eigenvalue weighted by molar-refractivity contribution is 0.607. The van der Waals surface area contributed by atoms with Crippen LogP contribution in [0.4, 0.5) is 17.1 Å². The van der Waals surface area contributed by atoms with Gasteiger partial charge in [0.1, 0.15) is 0 Å². The van der Waals surface area contributed by atoms with Crippen molar-refractivity contribution in [3.8, 4) is 27.9 Å². The fourth-order valence-electron chi connectivity index (χ4n) is 12.9. The van der Waals surface area contributed by atoms with Crippen LogP contribution in [0.15, 0.2) is 151 Å². The smallest absolute Gasteiger partial charge is 0.0582 e. The summed E-state index contributed by atoms with van der Waals surface area (Å²) in [6.45, 7) is 19.4. The number of hydrogen-bond donors (Lipinski definition) is 0. The summed E-state index contributed by atoms with van der Waals surface area (Å²) < 4.78 is 2.57. The lowest BCUT2D eigenvalue weighted by atomic mass is 9.73. The lowest BCUT2D eigenvalue weighted by Crippen LogP contribution is -2.27. The third-order valence-corrected chi connectivity index (χ3v) is 16.3. The molecule has 0 atom stereocenters. The molecule has 0 saturated heterocycles. The highest BCUT2D eigenvalue weighted by Gasteiger charge is 2.43. The monoisotopic (exact) mass is 800 g/mol. The molecule has 0 spiro atoms. The van der Waals surface area contributed by atoms with Gasteiger partial charge in [0.15, 0.2) is 0 Å². The first-order valence-electron chi connectivity index (χ1n) is 22.7. The van der Waals surface area contributed by atoms with E-state index in [1.165, 1.54) is 117 Å². The van der Waals surface area contributed by atoms with E-state index in [9.17, 15) is 0 Å². The van der Waals surface area contributed by atoms with Gasteiger partial charge in [-0.1, -0.05) is 152 Å². The Morgan fingerprint density at radius 3 is 1.73 bits per heavy atom. The molecule has 8 aromatic rings. The second kappa shape index (κ2) is 11.7. The van der Waals surface area contributed by atoms with Gasteiger partial charge >= 0.3 is 0 Å². The minimum absolute atomic E-state index is 0.0244. The molecular weight excluding hydrogens is 749 g/mol. The standard InChI is InChI=1S/C60H52N2/c1-57(2)46-20-12-9-16-38(46)40-27-24-35(30-49(40)57)61(36-25-28-41-39-17-10-13-21-47(39)58(3,4)50(41)31-36)37-26-29-42-45-33-53-55(34-52(45)60(7,8)51(42)32-37)62-54-23-14-11-18-43(54)44-19-15-22-48(56(44)62)59(53,5)6/h9-12,14-20,22-34H,13,21H2,1-8H3. The van der Waals surface area contributed by atoms with Crippen molar-refractivity contribution in [3.63, 3.8) is 0 Å². The summed E-state index contributed by atoms with van der Waals surface area (Å²) in [5, 5.41) is 2.66. The molecule has 302 valence electrons. The number of aromatic nitrogens is 1. The van der Waals surface area contributed by atoms with E-state index in [2.05, 4.69) is 210 Å². The molecule has 62 heavy (non-hydrogen) atoms. The zero-order valence-electron chi connectivity index (χ0n) is 37.2. The number of para-hydroxylation sites is 2. The molecule has 0 radical (unpaired) electrons. The third-order valence-electron chi connectivity index (χ3n) is 16.3. The molecule has 0 saturated carbocycles. The first-order chi connectivity index (χ1) is 29.8. The zero-order valence-corrected chi connectivity index (χ0v) is 37.2. The molecule has 1 aliphatic heterocycles. The normalized spacial score (nSPS) is 18.3. The van der Waals surface area contributed by atoms with Crippen LogP contribution in [0.3, 0.4) is 0 Å². The zero-order chi connectivity index (χ0) is 42.2. The van der Waals surface area contributed by atoms with Crippen molar-refractivity contribution in [2.45, 2.75) is 89.9 Å². The summed E-state index contributed by atoms with van der Waals surface area (Å²) in [5.74, 6) is 0. The van der Waals surface area contributed by atoms with Crippen LogP contribution in [-0.4, -0.2) is 4.57 Å². The summed E-state index contributed by atoms with van der Waals surface area (Å²) in [4.78, 5) is 2.55. The third kappa shape index (κ3) is 4.40. The molecule has 0 unspecified atom stereocenters. The summed E-state index contributed by atoms with van der Waals surface area (Å²) in [6.07, 6.45) is 6.99. The largest absolute Gasteiger partial charge is 0.310 e. The summed E-state index contributed by atoms with van der Waals surface area (Å²) in [5.41, 5.74) is 26.6. The van der Waals surface area contributed by atoms with Gasteiger partial charge in [-0.05, 0) is 140 Å². The molecule has 5 aliphatic rings. The van der Waals surface area contributed by atoms with E-state index in [4.69, 9.17) is 0 Å². The van der Waals surface area contributed by atoms with Crippen LogP contribution in [0.2, 0.25) is 0 Å². The van der Waals surface area contributed by atoms with E-state index in [0.29, 0.717) is 0 Å². The van der Waals surface area contributed by atoms with Gasteiger partial charge in [0.25, 0.3) is 0 Å². The number of benzene rings is 7. The number of rotatable bonds is 3. The number of fused-ring (bicyclic) bond motifs is 13. The molecular formula is C60H52N2. The molecule has 0 amide bonds. The maximum Gasteiger partial charge on any atom is 0.0582 e. The number of anilines is 3. The van der Waals surface area contributed by atoms with Gasteiger partial charge in [-0.25, -0.2) is 0 Å². The van der Waals surface area contributed by atoms with Gasteiger partial charge in [-0.15, -0.1) is 0 Å². The molecule has 2 heterocycles. The van der Waals surface area contributed by atoms with Crippen molar-refractivity contribution in [2.75, 3.05) is 4.90 Å². The minimum atomic E-state index is -0.221. The first kappa shape index (κ1) is 36.3. The molecule has 0 N–H and O–H groups in total. The molecule has 1 aromatic heterocycles. The Morgan fingerprint density at radius 1 is 0.435 bits per heavy atom. The maximum atomic E-state index is 2.57. The van der Waals surface area contributed by atoms with E-state index >= 15 is 0 Å². The molecule has 13 rings (SSSR count). The number of allylic oxidation sites excluding steroid dienone is 4. The second-order valence-corrected chi connectivity index (χ2v) is 20.9. The fraction of sp³-hybridized carbons (Fsp3) is 0.233. The van der Waals surface area contributed by atoms with E-state index in [-0.39, 0.29) is 21.7 Å². The van der Waals surface area contributed by atoms with Crippen LogP contribution in [-0.2, 0) is 21.7 Å². The van der Waals surface area contributed by atoms with Gasteiger partial charge in [0.2, 0.25) is 0 Å². The van der Waals surface area contributed by atoms with Crippen LogP contribution in [0.25, 0.3) is 55.3 Å². The van der Waals surface area contributed by atoms with E-state index < -0.39 is 0 Å². The van der Waals surface area contributed by atoms with E-state index in [1.807, 2.05) is 0 Å². The molecule has 4 aliphatic carbocycles. The molecule has 0 bridgehead atoms. The summed E-state index contributed by atoms with van der Waals surface area (Å²) >= 11 is 0. The van der Waals surface area contributed by atoms with Crippen molar-refractivity contribution >= 4 is 44.4 Å². The minimum Gasteiger partial charge on any atom is -0.310 e. The van der Waals surface area contributed by atoms with Crippen LogP contribution in [0.5, 0.6) is 0 Å². The van der Waals surface area contributed by atoms with Crippen molar-refractivity contribution in [1.82, 2.24) is 4.57 Å². The molecule has 7 aromatic carbocycles. The number of hydrogen-bond acceptors (Lipinski definition) is 1. The second-order valence-electron chi connectivity index (χ2n) is 20.9. The van der Waals surface area contributed by atoms with E-state index in [1.54, 1.807) is 5.57 Å². The predicted molar refractivity (Wildman–Crippen MR) is 261 cm³/mol. The highest BCUT2D eigenvalue weighted by molar-refractivity contribution is 6.11. The quantitative estimate of drug-likeness (QED) is 0.173. The Morgan fingerprint density at radius 2 is 0.984 bits per heavy atom. The van der Waals surface area contributed by atoms with Crippen molar-refractivity contribution < 1.29 is 0 Å². The average molecular weight is 801 g/mol. The first-order valence-corrected chi connectivity index (χ1v) is 22.7. The highest BCUT2D eigenvalue weighted by atomic mass is 15.1. The van der Waals surface area contributed by atoms with Crippen molar-refractivity contribution in [2.24, 2.45) is 0 Å². The SMILES string of the molecule is CC1(C)C2=C(C=CCC2)c2ccc(N(c3ccc4c(c3)C(C)(C)c3ccccc3-4)c3ccc4c(c3)C(C)(C)c3cc5c(cc3-4)C(C)(C)c3cccc4c6ccccc6n-5c34)cc21. The van der Waals surface area contributed by atoms with Gasteiger partial charge in [0, 0.05) is 49.5 Å². The maximum absolute atomic E-state index is 2.57. The molecule has 0 fully saturated rings. The number of nitrogens with zero attached hydrogens (tertiary/aromatic N) is 2. The van der Waals surface area contributed by atoms with E-state index in [0.717, 1.165) is 12.8 Å².